The Morgan fingerprint density at radius 2 is 2.10 bits per heavy atom. The van der Waals surface area contributed by atoms with Crippen LogP contribution in [0.2, 0.25) is 0 Å². The Hall–Kier alpha value is -0.940. The van der Waals surface area contributed by atoms with Crippen molar-refractivity contribution in [3.05, 3.63) is 24.5 Å². The predicted octanol–water partition coefficient (Wildman–Crippen LogP) is 0.465. The van der Waals surface area contributed by atoms with Gasteiger partial charge in [-0.3, -0.25) is 0 Å². The molecular formula is C5H4O4S. The molecule has 1 rings (SSSR count). The molecule has 4 nitrogen and oxygen atoms in total. The highest BCUT2D eigenvalue weighted by Gasteiger charge is 2.12. The Morgan fingerprint density at radius 3 is 2.40 bits per heavy atom. The van der Waals surface area contributed by atoms with E-state index in [0.29, 0.717) is 0 Å². The monoisotopic (exact) mass is 160 g/mol. The van der Waals surface area contributed by atoms with E-state index < -0.39 is 15.2 Å². The average Bonchev–Trinajstić information content (AvgIpc) is 1.88. The van der Waals surface area contributed by atoms with E-state index in [2.05, 4.69) is 4.42 Å². The second-order valence-electron chi connectivity index (χ2n) is 1.58. The molecule has 0 aliphatic heterocycles. The van der Waals surface area contributed by atoms with Crippen molar-refractivity contribution in [2.75, 3.05) is 0 Å². The molecule has 0 aliphatic carbocycles. The van der Waals surface area contributed by atoms with Crippen molar-refractivity contribution in [1.29, 1.82) is 0 Å². The zero-order chi connectivity index (χ0) is 7.61. The fourth-order valence-electron chi connectivity index (χ4n) is 0.467. The molecule has 0 aliphatic rings. The highest BCUT2D eigenvalue weighted by atomic mass is 32.2. The largest absolute Gasteiger partial charge is 0.737 e. The van der Waals surface area contributed by atoms with Crippen molar-refractivity contribution >= 4 is 10.1 Å². The molecule has 0 saturated heterocycles. The molecule has 0 unspecified atom stereocenters. The molecule has 0 radical (unpaired) electrons. The SMILES string of the molecule is O=S(=O)([O-])c1cccc[o+]1. The summed E-state index contributed by atoms with van der Waals surface area (Å²) < 4.78 is 34.9. The first-order valence-corrected chi connectivity index (χ1v) is 3.84. The van der Waals surface area contributed by atoms with Gasteiger partial charge in [0.15, 0.2) is 0 Å². The van der Waals surface area contributed by atoms with Gasteiger partial charge in [-0.25, -0.2) is 12.8 Å². The summed E-state index contributed by atoms with van der Waals surface area (Å²) in [6.07, 6.45) is 1.13. The van der Waals surface area contributed by atoms with Crippen LogP contribution in [0.1, 0.15) is 0 Å². The van der Waals surface area contributed by atoms with Gasteiger partial charge in [-0.1, -0.05) is 0 Å². The minimum Gasteiger partial charge on any atom is -0.737 e. The van der Waals surface area contributed by atoms with Gasteiger partial charge in [-0.05, 0) is 6.07 Å². The molecule has 1 aromatic rings. The van der Waals surface area contributed by atoms with Gasteiger partial charge in [0.1, 0.15) is 0 Å². The second kappa shape index (κ2) is 2.36. The van der Waals surface area contributed by atoms with E-state index in [1.165, 1.54) is 12.1 Å². The van der Waals surface area contributed by atoms with Crippen molar-refractivity contribution in [2.24, 2.45) is 0 Å². The Morgan fingerprint density at radius 1 is 1.40 bits per heavy atom. The molecule has 1 heterocycles. The zero-order valence-electron chi connectivity index (χ0n) is 4.85. The zero-order valence-corrected chi connectivity index (χ0v) is 5.67. The van der Waals surface area contributed by atoms with Crippen LogP contribution in [0.5, 0.6) is 0 Å². The summed E-state index contributed by atoms with van der Waals surface area (Å²) in [5, 5.41) is -0.560. The van der Waals surface area contributed by atoms with Gasteiger partial charge in [0.05, 0.1) is 6.07 Å². The van der Waals surface area contributed by atoms with E-state index in [4.69, 9.17) is 0 Å². The van der Waals surface area contributed by atoms with Crippen LogP contribution in [0, 0.1) is 0 Å². The third-order valence-corrected chi connectivity index (χ3v) is 1.58. The highest BCUT2D eigenvalue weighted by molar-refractivity contribution is 7.85. The standard InChI is InChI=1S/C5H4O4S/c6-10(7,8)5-3-1-2-4-9-5/h1-4H. The number of rotatable bonds is 1. The lowest BCUT2D eigenvalue weighted by atomic mass is 10.5. The minimum atomic E-state index is -4.42. The molecule has 5 heteroatoms. The van der Waals surface area contributed by atoms with E-state index in [9.17, 15) is 13.0 Å². The van der Waals surface area contributed by atoms with Gasteiger partial charge in [-0.15, -0.1) is 0 Å². The van der Waals surface area contributed by atoms with E-state index in [-0.39, 0.29) is 0 Å². The summed E-state index contributed by atoms with van der Waals surface area (Å²) in [5.41, 5.74) is 0. The Balaban J connectivity index is 3.22. The van der Waals surface area contributed by atoms with Crippen LogP contribution in [0.3, 0.4) is 0 Å². The normalized spacial score (nSPS) is 11.3. The molecular weight excluding hydrogens is 156 g/mol. The van der Waals surface area contributed by atoms with Gasteiger partial charge < -0.3 is 4.55 Å². The Bertz CT molecular complexity index is 302. The van der Waals surface area contributed by atoms with Crippen LogP contribution in [-0.2, 0) is 10.1 Å². The number of hydrogen-bond acceptors (Lipinski definition) is 3. The molecule has 10 heavy (non-hydrogen) atoms. The summed E-state index contributed by atoms with van der Waals surface area (Å²) in [6.45, 7) is 0. The van der Waals surface area contributed by atoms with Crippen LogP contribution in [0.25, 0.3) is 0 Å². The first-order chi connectivity index (χ1) is 4.61. The molecule has 0 aromatic carbocycles. The highest BCUT2D eigenvalue weighted by Crippen LogP contribution is 2.04. The van der Waals surface area contributed by atoms with E-state index in [1.54, 1.807) is 0 Å². The minimum absolute atomic E-state index is 0.560. The van der Waals surface area contributed by atoms with Crippen LogP contribution < -0.4 is 0 Å². The van der Waals surface area contributed by atoms with Crippen LogP contribution in [0.15, 0.2) is 34.0 Å². The maximum Gasteiger partial charge on any atom is 0.430 e. The summed E-state index contributed by atoms with van der Waals surface area (Å²) in [6, 6.07) is 3.99. The predicted molar refractivity (Wildman–Crippen MR) is 31.1 cm³/mol. The van der Waals surface area contributed by atoms with Crippen molar-refractivity contribution in [2.45, 2.75) is 5.09 Å². The van der Waals surface area contributed by atoms with Crippen molar-refractivity contribution in [3.63, 3.8) is 0 Å². The summed E-state index contributed by atoms with van der Waals surface area (Å²) in [7, 11) is -4.42. The lowest BCUT2D eigenvalue weighted by Crippen LogP contribution is -1.96. The van der Waals surface area contributed by atoms with Crippen molar-refractivity contribution in [3.8, 4) is 0 Å². The fraction of sp³-hybridized carbons (Fsp3) is 0. The van der Waals surface area contributed by atoms with Gasteiger partial charge in [0.25, 0.3) is 0 Å². The van der Waals surface area contributed by atoms with E-state index in [1.807, 2.05) is 0 Å². The van der Waals surface area contributed by atoms with Crippen LogP contribution >= 0.6 is 0 Å². The quantitative estimate of drug-likeness (QED) is 0.442. The Labute approximate surface area is 57.9 Å². The molecule has 54 valence electrons. The molecule has 0 fully saturated rings. The van der Waals surface area contributed by atoms with Gasteiger partial charge >= 0.3 is 11.4 Å². The first kappa shape index (κ1) is 7.17. The fourth-order valence-corrected chi connectivity index (χ4v) is 0.886. The lowest BCUT2D eigenvalue weighted by molar-refractivity contribution is 0.387. The molecule has 0 N–H and O–H groups in total. The van der Waals surface area contributed by atoms with Crippen LogP contribution in [-0.4, -0.2) is 13.0 Å². The average molecular weight is 160 g/mol. The van der Waals surface area contributed by atoms with Crippen molar-refractivity contribution in [1.82, 2.24) is 0 Å². The summed E-state index contributed by atoms with van der Waals surface area (Å²) in [4.78, 5) is 0. The van der Waals surface area contributed by atoms with Gasteiger partial charge in [-0.2, -0.15) is 0 Å². The van der Waals surface area contributed by atoms with Crippen LogP contribution in [0.4, 0.5) is 0 Å². The third-order valence-electron chi connectivity index (χ3n) is 0.853. The molecule has 0 spiro atoms. The van der Waals surface area contributed by atoms with E-state index >= 15 is 0 Å². The van der Waals surface area contributed by atoms with Gasteiger partial charge in [0.2, 0.25) is 10.1 Å². The third kappa shape index (κ3) is 1.52. The second-order valence-corrected chi connectivity index (χ2v) is 2.89. The maximum atomic E-state index is 10.2. The van der Waals surface area contributed by atoms with E-state index in [0.717, 1.165) is 12.3 Å². The topological polar surface area (TPSA) is 68.5 Å². The lowest BCUT2D eigenvalue weighted by Gasteiger charge is -1.93. The summed E-state index contributed by atoms with van der Waals surface area (Å²) in [5.74, 6) is 0. The maximum absolute atomic E-state index is 10.2. The molecule has 0 saturated carbocycles. The van der Waals surface area contributed by atoms with Gasteiger partial charge in [0, 0.05) is 6.07 Å². The Kier molecular flexibility index (Phi) is 1.69. The molecule has 0 atom stereocenters. The summed E-state index contributed by atoms with van der Waals surface area (Å²) >= 11 is 0. The smallest absolute Gasteiger partial charge is 0.430 e. The van der Waals surface area contributed by atoms with Crippen molar-refractivity contribution < 1.29 is 17.4 Å². The number of hydrogen-bond donors (Lipinski definition) is 0. The molecule has 0 bridgehead atoms. The molecule has 1 aromatic heterocycles. The molecule has 0 amide bonds. The first-order valence-electron chi connectivity index (χ1n) is 2.43.